The van der Waals surface area contributed by atoms with Crippen LogP contribution >= 0.6 is 0 Å². The number of rotatable bonds is 4. The van der Waals surface area contributed by atoms with Crippen LogP contribution < -0.4 is 4.72 Å². The summed E-state index contributed by atoms with van der Waals surface area (Å²) in [5.41, 5.74) is 1.42. The molecule has 1 N–H and O–H groups in total. The molecule has 4 rings (SSSR count). The summed E-state index contributed by atoms with van der Waals surface area (Å²) in [7, 11) is -2.08. The molecular weight excluding hydrogens is 352 g/mol. The number of fused-ring (bicyclic) bond motifs is 1. The minimum atomic E-state index is -3.67. The van der Waals surface area contributed by atoms with E-state index in [1.54, 1.807) is 19.2 Å². The number of hydrogen-bond acceptors (Lipinski definition) is 5. The SMILES string of the molecule is Cn1nccc1S(=O)(=O)Nc1ccc(-c2nnc3n2CCCCC3)cc1. The molecule has 8 nitrogen and oxygen atoms in total. The van der Waals surface area contributed by atoms with Crippen LogP contribution in [0.4, 0.5) is 5.69 Å². The van der Waals surface area contributed by atoms with Crippen LogP contribution in [-0.2, 0) is 30.0 Å². The molecule has 0 aliphatic carbocycles. The molecule has 0 radical (unpaired) electrons. The van der Waals surface area contributed by atoms with Crippen LogP contribution in [0.15, 0.2) is 41.6 Å². The van der Waals surface area contributed by atoms with E-state index in [0.29, 0.717) is 5.69 Å². The summed E-state index contributed by atoms with van der Waals surface area (Å²) in [5.74, 6) is 1.86. The predicted molar refractivity (Wildman–Crippen MR) is 97.0 cm³/mol. The molecule has 2 aromatic heterocycles. The molecule has 0 amide bonds. The summed E-state index contributed by atoms with van der Waals surface area (Å²) >= 11 is 0. The van der Waals surface area contributed by atoms with Crippen molar-refractivity contribution in [1.82, 2.24) is 24.5 Å². The number of aromatic nitrogens is 5. The van der Waals surface area contributed by atoms with Crippen molar-refractivity contribution in [2.45, 2.75) is 37.3 Å². The third kappa shape index (κ3) is 3.10. The molecule has 0 saturated carbocycles. The van der Waals surface area contributed by atoms with Gasteiger partial charge in [-0.1, -0.05) is 6.42 Å². The van der Waals surface area contributed by atoms with Gasteiger partial charge in [-0.05, 0) is 43.2 Å². The predicted octanol–water partition coefficient (Wildman–Crippen LogP) is 2.21. The highest BCUT2D eigenvalue weighted by Gasteiger charge is 2.19. The second-order valence-corrected chi connectivity index (χ2v) is 8.01. The lowest BCUT2D eigenvalue weighted by molar-refractivity contribution is 0.582. The molecule has 3 heterocycles. The van der Waals surface area contributed by atoms with Crippen molar-refractivity contribution in [3.63, 3.8) is 0 Å². The highest BCUT2D eigenvalue weighted by molar-refractivity contribution is 7.92. The zero-order chi connectivity index (χ0) is 18.1. The van der Waals surface area contributed by atoms with Gasteiger partial charge in [-0.25, -0.2) is 0 Å². The van der Waals surface area contributed by atoms with Crippen LogP contribution in [-0.4, -0.2) is 33.0 Å². The Morgan fingerprint density at radius 1 is 1.04 bits per heavy atom. The van der Waals surface area contributed by atoms with Gasteiger partial charge in [-0.3, -0.25) is 9.40 Å². The summed E-state index contributed by atoms with van der Waals surface area (Å²) in [4.78, 5) is 0. The van der Waals surface area contributed by atoms with E-state index in [-0.39, 0.29) is 5.03 Å². The number of benzene rings is 1. The van der Waals surface area contributed by atoms with Crippen LogP contribution in [0.2, 0.25) is 0 Å². The number of hydrogen-bond donors (Lipinski definition) is 1. The van der Waals surface area contributed by atoms with E-state index in [0.717, 1.165) is 43.0 Å². The molecule has 26 heavy (non-hydrogen) atoms. The first-order chi connectivity index (χ1) is 12.5. The fraction of sp³-hybridized carbons (Fsp3) is 0.353. The van der Waals surface area contributed by atoms with Gasteiger partial charge in [0.25, 0.3) is 10.0 Å². The van der Waals surface area contributed by atoms with Crippen molar-refractivity contribution in [2.75, 3.05) is 4.72 Å². The topological polar surface area (TPSA) is 94.7 Å². The van der Waals surface area contributed by atoms with Crippen LogP contribution in [0.25, 0.3) is 11.4 Å². The molecule has 9 heteroatoms. The fourth-order valence-corrected chi connectivity index (χ4v) is 4.40. The van der Waals surface area contributed by atoms with Crippen molar-refractivity contribution in [3.8, 4) is 11.4 Å². The van der Waals surface area contributed by atoms with Gasteiger partial charge in [0.05, 0.1) is 6.20 Å². The Morgan fingerprint density at radius 3 is 2.58 bits per heavy atom. The van der Waals surface area contributed by atoms with E-state index in [1.807, 2.05) is 12.1 Å². The standard InChI is InChI=1S/C17H20N6O2S/c1-22-16(10-11-18-22)26(24,25)21-14-8-6-13(7-9-14)17-20-19-15-5-3-2-4-12-23(15)17/h6-11,21H,2-5,12H2,1H3. The molecule has 1 aromatic carbocycles. The Labute approximate surface area is 151 Å². The van der Waals surface area contributed by atoms with Crippen LogP contribution in [0.5, 0.6) is 0 Å². The van der Waals surface area contributed by atoms with Crippen LogP contribution in [0, 0.1) is 0 Å². The molecule has 3 aromatic rings. The molecular formula is C17H20N6O2S. The highest BCUT2D eigenvalue weighted by Crippen LogP contribution is 2.24. The zero-order valence-electron chi connectivity index (χ0n) is 14.5. The van der Waals surface area contributed by atoms with Crippen LogP contribution in [0.3, 0.4) is 0 Å². The Kier molecular flexibility index (Phi) is 4.23. The van der Waals surface area contributed by atoms with Gasteiger partial charge in [-0.15, -0.1) is 10.2 Å². The van der Waals surface area contributed by atoms with Crippen molar-refractivity contribution in [3.05, 3.63) is 42.4 Å². The van der Waals surface area contributed by atoms with Gasteiger partial charge in [-0.2, -0.15) is 13.5 Å². The molecule has 0 unspecified atom stereocenters. The second kappa shape index (κ2) is 6.56. The minimum absolute atomic E-state index is 0.115. The Balaban J connectivity index is 1.58. The number of nitrogens with one attached hydrogen (secondary N) is 1. The van der Waals surface area contributed by atoms with E-state index >= 15 is 0 Å². The van der Waals surface area contributed by atoms with Crippen molar-refractivity contribution >= 4 is 15.7 Å². The molecule has 0 bridgehead atoms. The third-order valence-electron chi connectivity index (χ3n) is 4.56. The number of anilines is 1. The Morgan fingerprint density at radius 2 is 1.85 bits per heavy atom. The number of aryl methyl sites for hydroxylation is 2. The number of sulfonamides is 1. The van der Waals surface area contributed by atoms with E-state index in [1.165, 1.54) is 23.4 Å². The summed E-state index contributed by atoms with van der Waals surface area (Å²) in [6.45, 7) is 0.923. The molecule has 1 aliphatic rings. The monoisotopic (exact) mass is 372 g/mol. The first kappa shape index (κ1) is 16.8. The number of nitrogens with zero attached hydrogens (tertiary/aromatic N) is 5. The average molecular weight is 372 g/mol. The summed E-state index contributed by atoms with van der Waals surface area (Å²) in [6.07, 6.45) is 5.88. The van der Waals surface area contributed by atoms with Gasteiger partial charge in [0.1, 0.15) is 5.82 Å². The van der Waals surface area contributed by atoms with Gasteiger partial charge in [0, 0.05) is 31.3 Å². The largest absolute Gasteiger partial charge is 0.311 e. The second-order valence-electron chi connectivity index (χ2n) is 6.38. The van der Waals surface area contributed by atoms with Crippen molar-refractivity contribution < 1.29 is 8.42 Å². The quantitative estimate of drug-likeness (QED) is 0.758. The maximum atomic E-state index is 12.4. The Hall–Kier alpha value is -2.68. The lowest BCUT2D eigenvalue weighted by atomic mass is 10.2. The smallest absolute Gasteiger partial charge is 0.279 e. The molecule has 0 saturated heterocycles. The first-order valence-corrected chi connectivity index (χ1v) is 10.1. The molecule has 1 aliphatic heterocycles. The van der Waals surface area contributed by atoms with E-state index < -0.39 is 10.0 Å². The van der Waals surface area contributed by atoms with E-state index in [4.69, 9.17) is 0 Å². The lowest BCUT2D eigenvalue weighted by Crippen LogP contribution is -2.16. The first-order valence-electron chi connectivity index (χ1n) is 8.58. The van der Waals surface area contributed by atoms with E-state index in [2.05, 4.69) is 24.6 Å². The maximum absolute atomic E-state index is 12.4. The summed E-state index contributed by atoms with van der Waals surface area (Å²) in [6, 6.07) is 8.66. The Bertz CT molecular complexity index is 1020. The van der Waals surface area contributed by atoms with Crippen molar-refractivity contribution in [2.24, 2.45) is 7.05 Å². The van der Waals surface area contributed by atoms with Gasteiger partial charge < -0.3 is 4.57 Å². The minimum Gasteiger partial charge on any atom is -0.311 e. The van der Waals surface area contributed by atoms with Crippen molar-refractivity contribution in [1.29, 1.82) is 0 Å². The van der Waals surface area contributed by atoms with Gasteiger partial charge in [0.15, 0.2) is 10.9 Å². The molecule has 136 valence electrons. The summed E-state index contributed by atoms with van der Waals surface area (Å²) in [5, 5.41) is 12.7. The average Bonchev–Trinajstić information content (AvgIpc) is 3.16. The lowest BCUT2D eigenvalue weighted by Gasteiger charge is -2.10. The highest BCUT2D eigenvalue weighted by atomic mass is 32.2. The van der Waals surface area contributed by atoms with Gasteiger partial charge >= 0.3 is 0 Å². The van der Waals surface area contributed by atoms with Gasteiger partial charge in [0.2, 0.25) is 0 Å². The third-order valence-corrected chi connectivity index (χ3v) is 6.01. The zero-order valence-corrected chi connectivity index (χ0v) is 15.3. The molecule has 0 atom stereocenters. The van der Waals surface area contributed by atoms with Crippen LogP contribution in [0.1, 0.15) is 25.1 Å². The summed E-state index contributed by atoms with van der Waals surface area (Å²) < 4.78 is 30.9. The maximum Gasteiger partial charge on any atom is 0.279 e. The molecule has 0 spiro atoms. The normalized spacial score (nSPS) is 14.7. The van der Waals surface area contributed by atoms with E-state index in [9.17, 15) is 8.42 Å². The fourth-order valence-electron chi connectivity index (χ4n) is 3.22. The molecule has 0 fully saturated rings.